The monoisotopic (exact) mass is 391 g/mol. The highest BCUT2D eigenvalue weighted by Gasteiger charge is 2.23. The molecule has 150 valence electrons. The van der Waals surface area contributed by atoms with Gasteiger partial charge in [0.2, 0.25) is 5.95 Å². The average Bonchev–Trinajstić information content (AvgIpc) is 3.09. The zero-order valence-corrected chi connectivity index (χ0v) is 17.1. The second-order valence-electron chi connectivity index (χ2n) is 7.32. The van der Waals surface area contributed by atoms with Crippen LogP contribution >= 0.6 is 0 Å². The number of aromatic nitrogens is 4. The lowest BCUT2D eigenvalue weighted by atomic mass is 10.1. The summed E-state index contributed by atoms with van der Waals surface area (Å²) in [7, 11) is 1.67. The fourth-order valence-electron chi connectivity index (χ4n) is 3.65. The first-order valence-electron chi connectivity index (χ1n) is 9.95. The number of fused-ring (bicyclic) bond motifs is 1. The van der Waals surface area contributed by atoms with Crippen LogP contribution in [0.2, 0.25) is 0 Å². The van der Waals surface area contributed by atoms with E-state index in [2.05, 4.69) is 21.7 Å². The number of aryl methyl sites for hydroxylation is 1. The maximum Gasteiger partial charge on any atom is 0.306 e. The zero-order valence-electron chi connectivity index (χ0n) is 17.1. The molecule has 0 aliphatic carbocycles. The van der Waals surface area contributed by atoms with E-state index in [0.29, 0.717) is 23.5 Å². The van der Waals surface area contributed by atoms with Crippen molar-refractivity contribution in [3.8, 4) is 23.6 Å². The molecule has 2 aromatic heterocycles. The maximum absolute atomic E-state index is 13.2. The lowest BCUT2D eigenvalue weighted by Gasteiger charge is -2.27. The Labute approximate surface area is 170 Å². The third-order valence-electron chi connectivity index (χ3n) is 5.18. The fourth-order valence-corrected chi connectivity index (χ4v) is 3.65. The minimum atomic E-state index is -0.189. The molecule has 0 atom stereocenters. The van der Waals surface area contributed by atoms with Crippen LogP contribution in [-0.2, 0) is 13.6 Å². The van der Waals surface area contributed by atoms with Crippen LogP contribution in [0.25, 0.3) is 11.2 Å². The number of nitrogens with zero attached hydrogens (tertiary/aromatic N) is 5. The van der Waals surface area contributed by atoms with Crippen LogP contribution in [0.3, 0.4) is 0 Å². The van der Waals surface area contributed by atoms with E-state index < -0.39 is 0 Å². The van der Waals surface area contributed by atoms with Crippen LogP contribution in [0, 0.1) is 18.8 Å². The Hall–Kier alpha value is -3.27. The second-order valence-corrected chi connectivity index (χ2v) is 7.32. The van der Waals surface area contributed by atoms with Crippen LogP contribution in [0.4, 0.5) is 5.95 Å². The van der Waals surface area contributed by atoms with Crippen LogP contribution in [-0.4, -0.2) is 32.2 Å². The summed E-state index contributed by atoms with van der Waals surface area (Å²) in [5.74, 6) is 7.38. The van der Waals surface area contributed by atoms with E-state index >= 15 is 0 Å². The lowest BCUT2D eigenvalue weighted by molar-refractivity contribution is 0.415. The molecule has 1 aromatic carbocycles. The molecule has 1 aliphatic rings. The topological polar surface area (TPSA) is 65.2 Å². The van der Waals surface area contributed by atoms with Gasteiger partial charge in [0.1, 0.15) is 5.75 Å². The quantitative estimate of drug-likeness (QED) is 0.639. The van der Waals surface area contributed by atoms with Gasteiger partial charge in [-0.25, -0.2) is 0 Å². The Morgan fingerprint density at radius 3 is 2.69 bits per heavy atom. The van der Waals surface area contributed by atoms with Crippen LogP contribution < -0.4 is 15.2 Å². The first kappa shape index (κ1) is 19.1. The highest BCUT2D eigenvalue weighted by molar-refractivity contribution is 5.75. The summed E-state index contributed by atoms with van der Waals surface area (Å²) < 4.78 is 9.24. The Kier molecular flexibility index (Phi) is 5.26. The van der Waals surface area contributed by atoms with E-state index in [1.165, 1.54) is 11.0 Å². The minimum Gasteiger partial charge on any atom is -0.425 e. The number of rotatable bonds is 4. The number of hydrogen-bond acceptors (Lipinski definition) is 5. The molecule has 0 bridgehead atoms. The molecular formula is C22H25N5O2. The third-order valence-corrected chi connectivity index (χ3v) is 5.18. The van der Waals surface area contributed by atoms with Crippen molar-refractivity contribution in [2.75, 3.05) is 18.0 Å². The minimum absolute atomic E-state index is 0.189. The summed E-state index contributed by atoms with van der Waals surface area (Å²) in [6, 6.07) is 7.88. The van der Waals surface area contributed by atoms with Gasteiger partial charge in [0.05, 0.1) is 6.54 Å². The Morgan fingerprint density at radius 2 is 1.97 bits per heavy atom. The largest absolute Gasteiger partial charge is 0.425 e. The van der Waals surface area contributed by atoms with E-state index in [1.54, 1.807) is 14.0 Å². The molecule has 1 saturated heterocycles. The van der Waals surface area contributed by atoms with Crippen molar-refractivity contribution in [1.29, 1.82) is 0 Å². The summed E-state index contributed by atoms with van der Waals surface area (Å²) in [5, 5.41) is 0. The van der Waals surface area contributed by atoms with Gasteiger partial charge in [-0.2, -0.15) is 9.97 Å². The van der Waals surface area contributed by atoms with Gasteiger partial charge in [-0.15, -0.1) is 5.92 Å². The fraction of sp³-hybridized carbons (Fsp3) is 0.409. The number of benzene rings is 1. The van der Waals surface area contributed by atoms with Crippen molar-refractivity contribution >= 4 is 17.1 Å². The van der Waals surface area contributed by atoms with Crippen molar-refractivity contribution in [3.63, 3.8) is 0 Å². The predicted molar refractivity (Wildman–Crippen MR) is 114 cm³/mol. The Morgan fingerprint density at radius 1 is 1.17 bits per heavy atom. The molecule has 4 rings (SSSR count). The lowest BCUT2D eigenvalue weighted by Crippen LogP contribution is -2.32. The first-order chi connectivity index (χ1) is 14.1. The van der Waals surface area contributed by atoms with Crippen molar-refractivity contribution < 1.29 is 4.74 Å². The zero-order chi connectivity index (χ0) is 20.4. The molecule has 0 unspecified atom stereocenters. The molecule has 7 heteroatoms. The van der Waals surface area contributed by atoms with Crippen molar-refractivity contribution in [2.45, 2.75) is 39.7 Å². The van der Waals surface area contributed by atoms with Crippen LogP contribution in [0.15, 0.2) is 29.1 Å². The summed E-state index contributed by atoms with van der Waals surface area (Å²) in [6.45, 7) is 6.05. The van der Waals surface area contributed by atoms with Crippen molar-refractivity contribution in [2.24, 2.45) is 7.05 Å². The van der Waals surface area contributed by atoms with Crippen LogP contribution in [0.5, 0.6) is 11.8 Å². The summed E-state index contributed by atoms with van der Waals surface area (Å²) in [5.41, 5.74) is 1.75. The van der Waals surface area contributed by atoms with Gasteiger partial charge in [0, 0.05) is 20.1 Å². The molecule has 0 spiro atoms. The van der Waals surface area contributed by atoms with Gasteiger partial charge >= 0.3 is 6.01 Å². The molecule has 0 amide bonds. The second kappa shape index (κ2) is 8.00. The van der Waals surface area contributed by atoms with Crippen molar-refractivity contribution in [1.82, 2.24) is 19.1 Å². The molecule has 7 nitrogen and oxygen atoms in total. The molecule has 3 heterocycles. The predicted octanol–water partition coefficient (Wildman–Crippen LogP) is 3.24. The SMILES string of the molecule is CC#CCn1c(N2CCCCC2)nc2nc(Oc3cccc(C)c3)n(C)c(=O)c21. The molecule has 0 radical (unpaired) electrons. The molecule has 1 aliphatic heterocycles. The van der Waals surface area contributed by atoms with E-state index in [9.17, 15) is 4.79 Å². The standard InChI is InChI=1S/C22H25N5O2/c1-4-5-14-27-18-19(23-21(27)26-12-7-6-8-13-26)24-22(25(3)20(18)28)29-17-11-9-10-16(2)15-17/h9-11,15H,6-8,12-14H2,1-3H3. The van der Waals surface area contributed by atoms with Gasteiger partial charge < -0.3 is 9.64 Å². The van der Waals surface area contributed by atoms with Gasteiger partial charge in [0.25, 0.3) is 5.56 Å². The number of anilines is 1. The maximum atomic E-state index is 13.2. The molecule has 1 fully saturated rings. The van der Waals surface area contributed by atoms with E-state index in [1.807, 2.05) is 35.8 Å². The van der Waals surface area contributed by atoms with Gasteiger partial charge in [-0.05, 0) is 50.8 Å². The molecule has 3 aromatic rings. The van der Waals surface area contributed by atoms with E-state index in [0.717, 1.165) is 37.4 Å². The summed E-state index contributed by atoms with van der Waals surface area (Å²) in [6.07, 6.45) is 3.46. The van der Waals surface area contributed by atoms with Gasteiger partial charge in [-0.3, -0.25) is 13.9 Å². The summed E-state index contributed by atoms with van der Waals surface area (Å²) in [4.78, 5) is 24.7. The molecule has 29 heavy (non-hydrogen) atoms. The van der Waals surface area contributed by atoms with Crippen molar-refractivity contribution in [3.05, 3.63) is 40.2 Å². The van der Waals surface area contributed by atoms with Crippen LogP contribution in [0.1, 0.15) is 31.7 Å². The van der Waals surface area contributed by atoms with E-state index in [4.69, 9.17) is 9.72 Å². The number of piperidine rings is 1. The number of ether oxygens (including phenoxy) is 1. The normalized spacial score (nSPS) is 14.0. The molecule has 0 N–H and O–H groups in total. The average molecular weight is 391 g/mol. The highest BCUT2D eigenvalue weighted by Crippen LogP contribution is 2.25. The third kappa shape index (κ3) is 3.70. The molecular weight excluding hydrogens is 366 g/mol. The number of hydrogen-bond donors (Lipinski definition) is 0. The van der Waals surface area contributed by atoms with Gasteiger partial charge in [-0.1, -0.05) is 18.1 Å². The molecule has 0 saturated carbocycles. The summed E-state index contributed by atoms with van der Waals surface area (Å²) >= 11 is 0. The highest BCUT2D eigenvalue weighted by atomic mass is 16.5. The first-order valence-corrected chi connectivity index (χ1v) is 9.95. The smallest absolute Gasteiger partial charge is 0.306 e. The van der Waals surface area contributed by atoms with E-state index in [-0.39, 0.29) is 11.6 Å². The van der Waals surface area contributed by atoms with Gasteiger partial charge in [0.15, 0.2) is 11.2 Å². The number of imidazole rings is 1. The Balaban J connectivity index is 1.84. The Bertz CT molecular complexity index is 1160.